The van der Waals surface area contributed by atoms with E-state index in [1.165, 1.54) is 5.56 Å². The van der Waals surface area contributed by atoms with Crippen molar-refractivity contribution in [2.75, 3.05) is 13.2 Å². The largest absolute Gasteiger partial charge is 0.494 e. The highest BCUT2D eigenvalue weighted by Gasteiger charge is 2.33. The Kier molecular flexibility index (Phi) is 4.08. The molecule has 0 aliphatic carbocycles. The van der Waals surface area contributed by atoms with Crippen molar-refractivity contribution in [3.63, 3.8) is 0 Å². The SMILES string of the molecule is CCOc1ccccc1C(NN)C1COc2ccccc21. The Morgan fingerprint density at radius 3 is 2.81 bits per heavy atom. The standard InChI is InChI=1S/C17H20N2O2/c1-2-20-16-10-6-4-8-13(16)17(19-18)14-11-21-15-9-5-3-7-12(14)15/h3-10,14,17,19H,2,11,18H2,1H3. The van der Waals surface area contributed by atoms with Gasteiger partial charge in [0, 0.05) is 17.0 Å². The highest BCUT2D eigenvalue weighted by Crippen LogP contribution is 2.42. The fourth-order valence-corrected chi connectivity index (χ4v) is 2.91. The van der Waals surface area contributed by atoms with Crippen molar-refractivity contribution >= 4 is 0 Å². The second-order valence-corrected chi connectivity index (χ2v) is 5.07. The van der Waals surface area contributed by atoms with E-state index in [1.54, 1.807) is 0 Å². The quantitative estimate of drug-likeness (QED) is 0.655. The van der Waals surface area contributed by atoms with Crippen LogP contribution < -0.4 is 20.7 Å². The lowest BCUT2D eigenvalue weighted by Crippen LogP contribution is -2.33. The molecular weight excluding hydrogens is 264 g/mol. The summed E-state index contributed by atoms with van der Waals surface area (Å²) in [6.45, 7) is 3.23. The molecule has 4 heteroatoms. The zero-order valence-electron chi connectivity index (χ0n) is 12.1. The lowest BCUT2D eigenvalue weighted by Gasteiger charge is -2.24. The summed E-state index contributed by atoms with van der Waals surface area (Å²) in [5, 5.41) is 0. The molecule has 0 radical (unpaired) electrons. The van der Waals surface area contributed by atoms with Crippen molar-refractivity contribution < 1.29 is 9.47 Å². The van der Waals surface area contributed by atoms with Crippen molar-refractivity contribution in [3.8, 4) is 11.5 Å². The topological polar surface area (TPSA) is 56.5 Å². The van der Waals surface area contributed by atoms with Gasteiger partial charge in [0.1, 0.15) is 11.5 Å². The molecule has 2 atom stereocenters. The molecular formula is C17H20N2O2. The van der Waals surface area contributed by atoms with Crippen LogP contribution in [0.1, 0.15) is 30.0 Å². The molecule has 0 saturated heterocycles. The predicted octanol–water partition coefficient (Wildman–Crippen LogP) is 2.77. The van der Waals surface area contributed by atoms with E-state index in [9.17, 15) is 0 Å². The molecule has 4 nitrogen and oxygen atoms in total. The van der Waals surface area contributed by atoms with Gasteiger partial charge < -0.3 is 9.47 Å². The van der Waals surface area contributed by atoms with Crippen LogP contribution in [0.15, 0.2) is 48.5 Å². The molecule has 2 unspecified atom stereocenters. The van der Waals surface area contributed by atoms with Crippen molar-refractivity contribution in [1.29, 1.82) is 0 Å². The van der Waals surface area contributed by atoms with Crippen LogP contribution in [0, 0.1) is 0 Å². The first-order valence-electron chi connectivity index (χ1n) is 7.24. The number of ether oxygens (including phenoxy) is 2. The monoisotopic (exact) mass is 284 g/mol. The van der Waals surface area contributed by atoms with Gasteiger partial charge in [-0.3, -0.25) is 11.3 Å². The first-order valence-corrected chi connectivity index (χ1v) is 7.24. The average Bonchev–Trinajstić information content (AvgIpc) is 2.94. The molecule has 0 fully saturated rings. The van der Waals surface area contributed by atoms with E-state index in [-0.39, 0.29) is 12.0 Å². The molecule has 0 bridgehead atoms. The number of rotatable bonds is 5. The molecule has 0 saturated carbocycles. The molecule has 2 aromatic rings. The molecule has 0 aromatic heterocycles. The van der Waals surface area contributed by atoms with Crippen LogP contribution in [-0.4, -0.2) is 13.2 Å². The molecule has 1 aliphatic rings. The minimum atomic E-state index is -0.0450. The Balaban J connectivity index is 1.97. The Morgan fingerprint density at radius 1 is 1.24 bits per heavy atom. The van der Waals surface area contributed by atoms with Crippen molar-refractivity contribution in [2.24, 2.45) is 5.84 Å². The summed E-state index contributed by atoms with van der Waals surface area (Å²) in [6, 6.07) is 16.1. The minimum Gasteiger partial charge on any atom is -0.494 e. The number of hydrogen-bond acceptors (Lipinski definition) is 4. The lowest BCUT2D eigenvalue weighted by molar-refractivity contribution is 0.291. The average molecular weight is 284 g/mol. The predicted molar refractivity (Wildman–Crippen MR) is 82.4 cm³/mol. The summed E-state index contributed by atoms with van der Waals surface area (Å²) in [6.07, 6.45) is 0. The Hall–Kier alpha value is -2.04. The van der Waals surface area contributed by atoms with Gasteiger partial charge in [-0.15, -0.1) is 0 Å². The van der Waals surface area contributed by atoms with Crippen LogP contribution in [-0.2, 0) is 0 Å². The number of nitrogens with one attached hydrogen (secondary N) is 1. The van der Waals surface area contributed by atoms with Crippen LogP contribution in [0.4, 0.5) is 0 Å². The summed E-state index contributed by atoms with van der Waals surface area (Å²) < 4.78 is 11.5. The van der Waals surface area contributed by atoms with Crippen LogP contribution in [0.25, 0.3) is 0 Å². The third kappa shape index (κ3) is 2.60. The highest BCUT2D eigenvalue weighted by atomic mass is 16.5. The molecule has 3 N–H and O–H groups in total. The van der Waals surface area contributed by atoms with Gasteiger partial charge in [0.15, 0.2) is 0 Å². The van der Waals surface area contributed by atoms with Gasteiger partial charge in [-0.05, 0) is 19.1 Å². The normalized spacial score (nSPS) is 17.9. The molecule has 1 aliphatic heterocycles. The van der Waals surface area contributed by atoms with Gasteiger partial charge >= 0.3 is 0 Å². The highest BCUT2D eigenvalue weighted by molar-refractivity contribution is 5.44. The van der Waals surface area contributed by atoms with Crippen LogP contribution in [0.5, 0.6) is 11.5 Å². The van der Waals surface area contributed by atoms with Crippen molar-refractivity contribution in [2.45, 2.75) is 18.9 Å². The summed E-state index contributed by atoms with van der Waals surface area (Å²) in [7, 11) is 0. The summed E-state index contributed by atoms with van der Waals surface area (Å²) in [4.78, 5) is 0. The molecule has 0 spiro atoms. The molecule has 110 valence electrons. The van der Waals surface area contributed by atoms with Gasteiger partial charge in [0.25, 0.3) is 0 Å². The van der Waals surface area contributed by atoms with E-state index < -0.39 is 0 Å². The number of para-hydroxylation sites is 2. The molecule has 2 aromatic carbocycles. The Bertz CT molecular complexity index is 615. The number of nitrogens with two attached hydrogens (primary N) is 1. The van der Waals surface area contributed by atoms with Crippen LogP contribution in [0.2, 0.25) is 0 Å². The van der Waals surface area contributed by atoms with Gasteiger partial charge in [0.2, 0.25) is 0 Å². The van der Waals surface area contributed by atoms with Gasteiger partial charge in [-0.25, -0.2) is 0 Å². The van der Waals surface area contributed by atoms with E-state index in [0.717, 1.165) is 17.1 Å². The van der Waals surface area contributed by atoms with E-state index in [4.69, 9.17) is 15.3 Å². The van der Waals surface area contributed by atoms with Gasteiger partial charge in [-0.2, -0.15) is 0 Å². The fraction of sp³-hybridized carbons (Fsp3) is 0.294. The van der Waals surface area contributed by atoms with Gasteiger partial charge in [0.05, 0.1) is 19.3 Å². The van der Waals surface area contributed by atoms with Crippen LogP contribution >= 0.6 is 0 Å². The summed E-state index contributed by atoms with van der Waals surface area (Å²) in [5.41, 5.74) is 5.19. The first kappa shape index (κ1) is 13.9. The summed E-state index contributed by atoms with van der Waals surface area (Å²) in [5.74, 6) is 7.83. The maximum atomic E-state index is 5.85. The molecule has 1 heterocycles. The Labute approximate surface area is 124 Å². The second-order valence-electron chi connectivity index (χ2n) is 5.07. The van der Waals surface area contributed by atoms with E-state index in [2.05, 4.69) is 17.6 Å². The minimum absolute atomic E-state index is 0.0450. The third-order valence-corrected chi connectivity index (χ3v) is 3.87. The molecule has 0 amide bonds. The number of benzene rings is 2. The zero-order valence-corrected chi connectivity index (χ0v) is 12.1. The van der Waals surface area contributed by atoms with E-state index in [1.807, 2.05) is 43.3 Å². The van der Waals surface area contributed by atoms with E-state index in [0.29, 0.717) is 13.2 Å². The number of hydrazine groups is 1. The maximum absolute atomic E-state index is 5.85. The van der Waals surface area contributed by atoms with Crippen molar-refractivity contribution in [3.05, 3.63) is 59.7 Å². The number of fused-ring (bicyclic) bond motifs is 1. The van der Waals surface area contributed by atoms with Gasteiger partial charge in [-0.1, -0.05) is 36.4 Å². The third-order valence-electron chi connectivity index (χ3n) is 3.87. The maximum Gasteiger partial charge on any atom is 0.124 e. The van der Waals surface area contributed by atoms with Crippen molar-refractivity contribution in [1.82, 2.24) is 5.43 Å². The molecule has 21 heavy (non-hydrogen) atoms. The zero-order chi connectivity index (χ0) is 14.7. The second kappa shape index (κ2) is 6.16. The first-order chi connectivity index (χ1) is 10.3. The lowest BCUT2D eigenvalue weighted by atomic mass is 9.88. The smallest absolute Gasteiger partial charge is 0.124 e. The Morgan fingerprint density at radius 2 is 2.00 bits per heavy atom. The fourth-order valence-electron chi connectivity index (χ4n) is 2.91. The summed E-state index contributed by atoms with van der Waals surface area (Å²) >= 11 is 0. The number of hydrogen-bond donors (Lipinski definition) is 2. The van der Waals surface area contributed by atoms with E-state index >= 15 is 0 Å². The van der Waals surface area contributed by atoms with Crippen LogP contribution in [0.3, 0.4) is 0 Å². The molecule has 3 rings (SSSR count).